The molecule has 0 saturated carbocycles. The van der Waals surface area contributed by atoms with Gasteiger partial charge >= 0.3 is 0 Å². The minimum Gasteiger partial charge on any atom is -0.496 e. The van der Waals surface area contributed by atoms with Crippen LogP contribution in [-0.4, -0.2) is 12.1 Å². The molecule has 22 heavy (non-hydrogen) atoms. The van der Waals surface area contributed by atoms with Gasteiger partial charge in [-0.1, -0.05) is 12.1 Å². The predicted molar refractivity (Wildman–Crippen MR) is 90.1 cm³/mol. The summed E-state index contributed by atoms with van der Waals surface area (Å²) in [6.07, 6.45) is 0. The van der Waals surface area contributed by atoms with Crippen LogP contribution >= 0.6 is 23.1 Å². The van der Waals surface area contributed by atoms with Crippen LogP contribution in [0.2, 0.25) is 0 Å². The number of benzene rings is 2. The number of methoxy groups -OCH3 is 1. The summed E-state index contributed by atoms with van der Waals surface area (Å²) in [7, 11) is 1.66. The van der Waals surface area contributed by atoms with E-state index in [4.69, 9.17) is 4.74 Å². The first kappa shape index (κ1) is 15.1. The van der Waals surface area contributed by atoms with E-state index in [1.165, 1.54) is 12.1 Å². The Kier molecular flexibility index (Phi) is 4.75. The zero-order valence-corrected chi connectivity index (χ0v) is 13.6. The molecule has 2 aromatic carbocycles. The summed E-state index contributed by atoms with van der Waals surface area (Å²) in [6.45, 7) is 0. The van der Waals surface area contributed by atoms with Gasteiger partial charge in [-0.25, -0.2) is 9.37 Å². The highest BCUT2D eigenvalue weighted by molar-refractivity contribution is 7.98. The Morgan fingerprint density at radius 1 is 1.14 bits per heavy atom. The predicted octanol–water partition coefficient (Wildman–Crippen LogP) is 5.25. The topological polar surface area (TPSA) is 22.1 Å². The average Bonchev–Trinajstić information content (AvgIpc) is 3.03. The van der Waals surface area contributed by atoms with Crippen molar-refractivity contribution >= 4 is 23.1 Å². The highest BCUT2D eigenvalue weighted by Crippen LogP contribution is 2.33. The van der Waals surface area contributed by atoms with Gasteiger partial charge in [0.05, 0.1) is 18.4 Å². The Bertz CT molecular complexity index is 755. The molecule has 0 spiro atoms. The van der Waals surface area contributed by atoms with Crippen LogP contribution < -0.4 is 4.74 Å². The van der Waals surface area contributed by atoms with E-state index in [-0.39, 0.29) is 5.82 Å². The fraction of sp³-hybridized carbons (Fsp3) is 0.118. The summed E-state index contributed by atoms with van der Waals surface area (Å²) >= 11 is 3.25. The van der Waals surface area contributed by atoms with E-state index in [9.17, 15) is 4.39 Å². The molecule has 0 fully saturated rings. The monoisotopic (exact) mass is 331 g/mol. The number of thiazole rings is 1. The van der Waals surface area contributed by atoms with Gasteiger partial charge in [0.1, 0.15) is 16.6 Å². The molecular weight excluding hydrogens is 317 g/mol. The third-order valence-electron chi connectivity index (χ3n) is 3.09. The molecule has 2 nitrogen and oxygen atoms in total. The molecule has 0 aliphatic carbocycles. The standard InChI is InChI=1S/C17H14FNOS2/c1-20-16-5-3-2-4-15(16)17-19-13(11-22-17)10-21-14-8-6-12(18)7-9-14/h2-9,11H,10H2,1H3. The van der Waals surface area contributed by atoms with Gasteiger partial charge in [0, 0.05) is 16.0 Å². The van der Waals surface area contributed by atoms with Crippen LogP contribution in [0.5, 0.6) is 5.75 Å². The number of para-hydroxylation sites is 1. The van der Waals surface area contributed by atoms with E-state index in [2.05, 4.69) is 10.4 Å². The van der Waals surface area contributed by atoms with Crippen LogP contribution in [0.1, 0.15) is 5.69 Å². The van der Waals surface area contributed by atoms with Crippen molar-refractivity contribution in [2.45, 2.75) is 10.6 Å². The minimum absolute atomic E-state index is 0.212. The lowest BCUT2D eigenvalue weighted by Crippen LogP contribution is -1.87. The van der Waals surface area contributed by atoms with Crippen molar-refractivity contribution in [1.29, 1.82) is 0 Å². The molecule has 3 rings (SSSR count). The number of hydrogen-bond donors (Lipinski definition) is 0. The zero-order chi connectivity index (χ0) is 15.4. The maximum atomic E-state index is 12.9. The summed E-state index contributed by atoms with van der Waals surface area (Å²) in [6, 6.07) is 14.4. The third-order valence-corrected chi connectivity index (χ3v) is 5.06. The molecule has 0 radical (unpaired) electrons. The lowest BCUT2D eigenvalue weighted by molar-refractivity contribution is 0.416. The fourth-order valence-electron chi connectivity index (χ4n) is 2.01. The molecule has 0 unspecified atom stereocenters. The van der Waals surface area contributed by atoms with Crippen molar-refractivity contribution in [3.05, 3.63) is 65.4 Å². The van der Waals surface area contributed by atoms with E-state index >= 15 is 0 Å². The molecular formula is C17H14FNOS2. The maximum absolute atomic E-state index is 12.9. The van der Waals surface area contributed by atoms with Gasteiger partial charge in [0.15, 0.2) is 0 Å². The Labute approximate surface area is 137 Å². The fourth-order valence-corrected chi connectivity index (χ4v) is 3.75. The second-order valence-electron chi connectivity index (χ2n) is 4.59. The van der Waals surface area contributed by atoms with Gasteiger partial charge in [-0.15, -0.1) is 23.1 Å². The lowest BCUT2D eigenvalue weighted by atomic mass is 10.2. The van der Waals surface area contributed by atoms with Gasteiger partial charge in [-0.3, -0.25) is 0 Å². The molecule has 1 aromatic heterocycles. The summed E-state index contributed by atoms with van der Waals surface area (Å²) in [5.74, 6) is 1.38. The molecule has 0 atom stereocenters. The lowest BCUT2D eigenvalue weighted by Gasteiger charge is -2.04. The van der Waals surface area contributed by atoms with Crippen molar-refractivity contribution in [3.63, 3.8) is 0 Å². The number of ether oxygens (including phenoxy) is 1. The molecule has 0 bridgehead atoms. The Hall–Kier alpha value is -1.85. The van der Waals surface area contributed by atoms with Gasteiger partial charge in [0.25, 0.3) is 0 Å². The molecule has 0 aliphatic heterocycles. The molecule has 3 aromatic rings. The smallest absolute Gasteiger partial charge is 0.129 e. The van der Waals surface area contributed by atoms with Gasteiger partial charge in [0.2, 0.25) is 0 Å². The van der Waals surface area contributed by atoms with E-state index in [0.29, 0.717) is 0 Å². The van der Waals surface area contributed by atoms with E-state index in [1.807, 2.05) is 24.3 Å². The van der Waals surface area contributed by atoms with Gasteiger partial charge in [-0.05, 0) is 36.4 Å². The quantitative estimate of drug-likeness (QED) is 0.596. The number of rotatable bonds is 5. The molecule has 0 aliphatic rings. The molecule has 112 valence electrons. The van der Waals surface area contributed by atoms with Crippen molar-refractivity contribution < 1.29 is 9.13 Å². The van der Waals surface area contributed by atoms with Crippen molar-refractivity contribution in [1.82, 2.24) is 4.98 Å². The zero-order valence-electron chi connectivity index (χ0n) is 12.0. The highest BCUT2D eigenvalue weighted by atomic mass is 32.2. The van der Waals surface area contributed by atoms with Crippen LogP contribution in [0.3, 0.4) is 0 Å². The maximum Gasteiger partial charge on any atom is 0.129 e. The van der Waals surface area contributed by atoms with Crippen LogP contribution in [0.4, 0.5) is 4.39 Å². The second-order valence-corrected chi connectivity index (χ2v) is 6.49. The summed E-state index contributed by atoms with van der Waals surface area (Å²) in [4.78, 5) is 5.70. The number of thioether (sulfide) groups is 1. The molecule has 1 heterocycles. The molecule has 0 N–H and O–H groups in total. The van der Waals surface area contributed by atoms with Crippen LogP contribution in [-0.2, 0) is 5.75 Å². The number of halogens is 1. The average molecular weight is 331 g/mol. The van der Waals surface area contributed by atoms with E-state index < -0.39 is 0 Å². The Morgan fingerprint density at radius 2 is 1.91 bits per heavy atom. The second kappa shape index (κ2) is 6.94. The Morgan fingerprint density at radius 3 is 2.68 bits per heavy atom. The summed E-state index contributed by atoms with van der Waals surface area (Å²) in [5.41, 5.74) is 2.02. The number of nitrogens with zero attached hydrogens (tertiary/aromatic N) is 1. The van der Waals surface area contributed by atoms with Gasteiger partial charge in [-0.2, -0.15) is 0 Å². The molecule has 0 saturated heterocycles. The normalized spacial score (nSPS) is 10.6. The van der Waals surface area contributed by atoms with Crippen LogP contribution in [0, 0.1) is 5.82 Å². The highest BCUT2D eigenvalue weighted by Gasteiger charge is 2.09. The summed E-state index contributed by atoms with van der Waals surface area (Å²) < 4.78 is 18.3. The van der Waals surface area contributed by atoms with Crippen LogP contribution in [0.25, 0.3) is 10.6 Å². The SMILES string of the molecule is COc1ccccc1-c1nc(CSc2ccc(F)cc2)cs1. The van der Waals surface area contributed by atoms with Crippen LogP contribution in [0.15, 0.2) is 58.8 Å². The van der Waals surface area contributed by atoms with E-state index in [0.717, 1.165) is 32.7 Å². The molecule has 5 heteroatoms. The summed E-state index contributed by atoms with van der Waals surface area (Å²) in [5, 5.41) is 3.00. The number of aromatic nitrogens is 1. The largest absolute Gasteiger partial charge is 0.496 e. The van der Waals surface area contributed by atoms with Crippen molar-refractivity contribution in [3.8, 4) is 16.3 Å². The third kappa shape index (κ3) is 3.48. The van der Waals surface area contributed by atoms with Gasteiger partial charge < -0.3 is 4.74 Å². The van der Waals surface area contributed by atoms with Crippen molar-refractivity contribution in [2.24, 2.45) is 0 Å². The first-order valence-electron chi connectivity index (χ1n) is 6.72. The first-order chi connectivity index (χ1) is 10.8. The first-order valence-corrected chi connectivity index (χ1v) is 8.59. The molecule has 0 amide bonds. The minimum atomic E-state index is -0.212. The number of hydrogen-bond acceptors (Lipinski definition) is 4. The van der Waals surface area contributed by atoms with E-state index in [1.54, 1.807) is 42.3 Å². The van der Waals surface area contributed by atoms with Crippen molar-refractivity contribution in [2.75, 3.05) is 7.11 Å². The Balaban J connectivity index is 1.72.